The van der Waals surface area contributed by atoms with Gasteiger partial charge in [-0.3, -0.25) is 4.79 Å². The van der Waals surface area contributed by atoms with Gasteiger partial charge in [-0.25, -0.2) is 4.98 Å². The van der Waals surface area contributed by atoms with Crippen LogP contribution >= 0.6 is 27.7 Å². The number of aromatic nitrogens is 2. The van der Waals surface area contributed by atoms with Crippen molar-refractivity contribution in [3.05, 3.63) is 21.2 Å². The summed E-state index contributed by atoms with van der Waals surface area (Å²) in [5, 5.41) is 3.15. The molecule has 0 radical (unpaired) electrons. The van der Waals surface area contributed by atoms with Crippen molar-refractivity contribution < 1.29 is 0 Å². The minimum Gasteiger partial charge on any atom is -0.368 e. The lowest BCUT2D eigenvalue weighted by Crippen LogP contribution is -2.27. The highest BCUT2D eigenvalue weighted by atomic mass is 79.9. The second-order valence-corrected chi connectivity index (χ2v) is 6.02. The number of anilines is 1. The molecule has 0 atom stereocenters. The Morgan fingerprint density at radius 2 is 2.33 bits per heavy atom. The van der Waals surface area contributed by atoms with Gasteiger partial charge in [0, 0.05) is 11.3 Å². The fraction of sp³-hybridized carbons (Fsp3) is 0.556. The number of H-pyrrole nitrogens is 1. The van der Waals surface area contributed by atoms with E-state index in [1.807, 2.05) is 0 Å². The van der Waals surface area contributed by atoms with Gasteiger partial charge in [-0.15, -0.1) is 0 Å². The Hall–Kier alpha value is -0.490. The van der Waals surface area contributed by atoms with E-state index in [1.54, 1.807) is 11.8 Å². The summed E-state index contributed by atoms with van der Waals surface area (Å²) in [5.74, 6) is 0.584. The van der Waals surface area contributed by atoms with Crippen LogP contribution in [0, 0.1) is 0 Å². The molecule has 84 valence electrons. The standard InChI is InChI=1S/C9H14BrN3OS/c1-9(2,15-3)4-11-7-6(10)8(14)13-5-12-7/h5H,4H2,1-3H3,(H2,11,12,13,14). The molecule has 0 bridgehead atoms. The van der Waals surface area contributed by atoms with Gasteiger partial charge < -0.3 is 10.3 Å². The normalized spacial score (nSPS) is 11.5. The van der Waals surface area contributed by atoms with Crippen molar-refractivity contribution in [1.29, 1.82) is 0 Å². The number of rotatable bonds is 4. The van der Waals surface area contributed by atoms with E-state index in [4.69, 9.17) is 0 Å². The van der Waals surface area contributed by atoms with E-state index in [9.17, 15) is 4.79 Å². The number of hydrogen-bond acceptors (Lipinski definition) is 4. The summed E-state index contributed by atoms with van der Waals surface area (Å²) >= 11 is 4.96. The minimum atomic E-state index is -0.172. The Morgan fingerprint density at radius 1 is 1.67 bits per heavy atom. The van der Waals surface area contributed by atoms with E-state index in [1.165, 1.54) is 6.33 Å². The average molecular weight is 292 g/mol. The number of halogens is 1. The molecule has 1 rings (SSSR count). The molecule has 0 unspecified atom stereocenters. The molecule has 0 aliphatic carbocycles. The monoisotopic (exact) mass is 291 g/mol. The fourth-order valence-corrected chi connectivity index (χ4v) is 1.45. The highest BCUT2D eigenvalue weighted by molar-refractivity contribution is 9.10. The summed E-state index contributed by atoms with van der Waals surface area (Å²) < 4.78 is 0.561. The largest absolute Gasteiger partial charge is 0.368 e. The molecule has 1 aromatic rings. The summed E-state index contributed by atoms with van der Waals surface area (Å²) in [5.41, 5.74) is -0.172. The molecule has 0 aliphatic heterocycles. The van der Waals surface area contributed by atoms with E-state index in [2.05, 4.69) is 51.3 Å². The van der Waals surface area contributed by atoms with Crippen molar-refractivity contribution in [1.82, 2.24) is 9.97 Å². The molecule has 0 aliphatic rings. The van der Waals surface area contributed by atoms with Gasteiger partial charge in [0.25, 0.3) is 5.56 Å². The van der Waals surface area contributed by atoms with E-state index in [0.717, 1.165) is 6.54 Å². The highest BCUT2D eigenvalue weighted by Gasteiger charge is 2.16. The van der Waals surface area contributed by atoms with Crippen molar-refractivity contribution in [3.8, 4) is 0 Å². The highest BCUT2D eigenvalue weighted by Crippen LogP contribution is 2.22. The first-order valence-corrected chi connectivity index (χ1v) is 6.50. The number of nitrogens with zero attached hydrogens (tertiary/aromatic N) is 1. The maximum absolute atomic E-state index is 11.2. The van der Waals surface area contributed by atoms with Crippen LogP contribution in [0.3, 0.4) is 0 Å². The minimum absolute atomic E-state index is 0.115. The third-order valence-electron chi connectivity index (χ3n) is 2.03. The van der Waals surface area contributed by atoms with Crippen molar-refractivity contribution in [2.75, 3.05) is 18.1 Å². The van der Waals surface area contributed by atoms with Crippen LogP contribution in [0.15, 0.2) is 15.6 Å². The van der Waals surface area contributed by atoms with Gasteiger partial charge in [-0.2, -0.15) is 11.8 Å². The molecule has 0 spiro atoms. The van der Waals surface area contributed by atoms with Gasteiger partial charge in [0.1, 0.15) is 10.3 Å². The van der Waals surface area contributed by atoms with Crippen molar-refractivity contribution in [2.45, 2.75) is 18.6 Å². The first kappa shape index (κ1) is 12.6. The Kier molecular flexibility index (Phi) is 4.21. The van der Waals surface area contributed by atoms with E-state index in [0.29, 0.717) is 10.3 Å². The average Bonchev–Trinajstić information content (AvgIpc) is 2.20. The second-order valence-electron chi connectivity index (χ2n) is 3.71. The smallest absolute Gasteiger partial charge is 0.267 e. The number of aromatic amines is 1. The summed E-state index contributed by atoms with van der Waals surface area (Å²) in [6.45, 7) is 5.01. The predicted molar refractivity (Wildman–Crippen MR) is 68.6 cm³/mol. The summed E-state index contributed by atoms with van der Waals surface area (Å²) in [4.78, 5) is 17.8. The van der Waals surface area contributed by atoms with Gasteiger partial charge in [-0.1, -0.05) is 0 Å². The first-order valence-electron chi connectivity index (χ1n) is 4.48. The van der Waals surface area contributed by atoms with Crippen LogP contribution in [0.2, 0.25) is 0 Å². The molecular formula is C9H14BrN3OS. The van der Waals surface area contributed by atoms with E-state index < -0.39 is 0 Å². The quantitative estimate of drug-likeness (QED) is 0.892. The molecule has 4 nitrogen and oxygen atoms in total. The van der Waals surface area contributed by atoms with Crippen molar-refractivity contribution >= 4 is 33.5 Å². The van der Waals surface area contributed by atoms with Crippen molar-refractivity contribution in [3.63, 3.8) is 0 Å². The lowest BCUT2D eigenvalue weighted by atomic mass is 10.2. The Bertz CT molecular complexity index is 391. The zero-order valence-corrected chi connectivity index (χ0v) is 11.3. The molecule has 0 amide bonds. The molecule has 0 fully saturated rings. The van der Waals surface area contributed by atoms with Crippen LogP contribution in [0.25, 0.3) is 0 Å². The molecule has 1 aromatic heterocycles. The topological polar surface area (TPSA) is 57.8 Å². The SMILES string of the molecule is CSC(C)(C)CNc1nc[nH]c(=O)c1Br. The van der Waals surface area contributed by atoms with Crippen LogP contribution in [0.1, 0.15) is 13.8 Å². The van der Waals surface area contributed by atoms with Gasteiger partial charge in [0.15, 0.2) is 0 Å². The van der Waals surface area contributed by atoms with Crippen LogP contribution in [-0.2, 0) is 0 Å². The maximum atomic E-state index is 11.2. The van der Waals surface area contributed by atoms with E-state index in [-0.39, 0.29) is 10.3 Å². The third-order valence-corrected chi connectivity index (χ3v) is 4.02. The molecule has 15 heavy (non-hydrogen) atoms. The molecule has 2 N–H and O–H groups in total. The molecule has 1 heterocycles. The number of hydrogen-bond donors (Lipinski definition) is 2. The Labute approximate surface area is 101 Å². The Morgan fingerprint density at radius 3 is 2.93 bits per heavy atom. The summed E-state index contributed by atoms with van der Waals surface area (Å²) in [6, 6.07) is 0. The van der Waals surface area contributed by atoms with Crippen LogP contribution in [0.4, 0.5) is 5.82 Å². The molecular weight excluding hydrogens is 278 g/mol. The third kappa shape index (κ3) is 3.53. The molecule has 6 heteroatoms. The fourth-order valence-electron chi connectivity index (χ4n) is 0.875. The lowest BCUT2D eigenvalue weighted by molar-refractivity contribution is 0.749. The van der Waals surface area contributed by atoms with Crippen LogP contribution in [0.5, 0.6) is 0 Å². The number of nitrogens with one attached hydrogen (secondary N) is 2. The van der Waals surface area contributed by atoms with Gasteiger partial charge in [0.2, 0.25) is 0 Å². The van der Waals surface area contributed by atoms with E-state index >= 15 is 0 Å². The maximum Gasteiger partial charge on any atom is 0.267 e. The zero-order valence-electron chi connectivity index (χ0n) is 8.93. The summed E-state index contributed by atoms with van der Waals surface area (Å²) in [7, 11) is 0. The Balaban J connectivity index is 2.74. The van der Waals surface area contributed by atoms with Crippen molar-refractivity contribution in [2.24, 2.45) is 0 Å². The van der Waals surface area contributed by atoms with Crippen LogP contribution < -0.4 is 10.9 Å². The van der Waals surface area contributed by atoms with Crippen LogP contribution in [-0.4, -0.2) is 27.5 Å². The number of thioether (sulfide) groups is 1. The second kappa shape index (κ2) is 5.03. The molecule has 0 saturated carbocycles. The molecule has 0 aromatic carbocycles. The first-order chi connectivity index (χ1) is 6.96. The lowest BCUT2D eigenvalue weighted by Gasteiger charge is -2.22. The predicted octanol–water partition coefficient (Wildman–Crippen LogP) is 2.09. The van der Waals surface area contributed by atoms with Gasteiger partial charge in [-0.05, 0) is 36.0 Å². The zero-order chi connectivity index (χ0) is 11.5. The van der Waals surface area contributed by atoms with Gasteiger partial charge in [0.05, 0.1) is 6.33 Å². The summed E-state index contributed by atoms with van der Waals surface area (Å²) in [6.07, 6.45) is 3.45. The van der Waals surface area contributed by atoms with Gasteiger partial charge >= 0.3 is 0 Å². The molecule has 0 saturated heterocycles.